The molecule has 12 heteroatoms. The Hall–Kier alpha value is -2.99. The van der Waals surface area contributed by atoms with Gasteiger partial charge < -0.3 is 30.6 Å². The fraction of sp³-hybridized carbons (Fsp3) is 0.632. The average Bonchev–Trinajstić information content (AvgIpc) is 3.19. The van der Waals surface area contributed by atoms with E-state index in [0.717, 1.165) is 26.2 Å². The van der Waals surface area contributed by atoms with Crippen LogP contribution in [0.2, 0.25) is 0 Å². The summed E-state index contributed by atoms with van der Waals surface area (Å²) in [4.78, 5) is 60.7. The molecule has 4 N–H and O–H groups in total. The number of nitrogens with one attached hydrogen (secondary N) is 2. The van der Waals surface area contributed by atoms with Crippen molar-refractivity contribution in [1.29, 1.82) is 0 Å². The summed E-state index contributed by atoms with van der Waals surface area (Å²) in [5.41, 5.74) is 0. The van der Waals surface area contributed by atoms with Crippen molar-refractivity contribution >= 4 is 29.7 Å². The first-order valence-electron chi connectivity index (χ1n) is 10.2. The Bertz CT molecular complexity index is 696. The highest BCUT2D eigenvalue weighted by Crippen LogP contribution is 2.12. The third-order valence-corrected chi connectivity index (χ3v) is 5.17. The Morgan fingerprint density at radius 1 is 0.903 bits per heavy atom. The van der Waals surface area contributed by atoms with Crippen LogP contribution >= 0.6 is 0 Å². The number of amides is 3. The highest BCUT2D eigenvalue weighted by atomic mass is 16.4. The number of carbonyl (C=O) groups excluding carboxylic acids is 3. The second kappa shape index (κ2) is 12.0. The summed E-state index contributed by atoms with van der Waals surface area (Å²) >= 11 is 0. The molecule has 0 radical (unpaired) electrons. The first kappa shape index (κ1) is 24.3. The maximum Gasteiger partial charge on any atom is 0.328 e. The summed E-state index contributed by atoms with van der Waals surface area (Å²) in [6, 6.07) is -0.350. The van der Waals surface area contributed by atoms with E-state index in [1.165, 1.54) is 0 Å². The number of rotatable bonds is 5. The van der Waals surface area contributed by atoms with Crippen LogP contribution in [0.25, 0.3) is 0 Å². The Kier molecular flexibility index (Phi) is 9.40. The molecule has 3 rings (SSSR count). The number of nitrogens with zero attached hydrogens (tertiary/aromatic N) is 3. The van der Waals surface area contributed by atoms with E-state index >= 15 is 0 Å². The zero-order valence-corrected chi connectivity index (χ0v) is 17.3. The molecule has 0 saturated carbocycles. The number of carboxylic acid groups (broad SMARTS) is 2. The molecule has 1 unspecified atom stereocenters. The molecule has 1 atom stereocenters. The normalized spacial score (nSPS) is 21.9. The van der Waals surface area contributed by atoms with E-state index in [9.17, 15) is 24.0 Å². The summed E-state index contributed by atoms with van der Waals surface area (Å²) in [6.45, 7) is 6.39. The van der Waals surface area contributed by atoms with Gasteiger partial charge in [-0.1, -0.05) is 0 Å². The quantitative estimate of drug-likeness (QED) is 0.341. The summed E-state index contributed by atoms with van der Waals surface area (Å²) < 4.78 is 0. The number of hydrogen-bond acceptors (Lipinski definition) is 7. The second-order valence-electron chi connectivity index (χ2n) is 7.40. The van der Waals surface area contributed by atoms with Crippen LogP contribution in [-0.4, -0.2) is 120 Å². The van der Waals surface area contributed by atoms with Gasteiger partial charge in [0.25, 0.3) is 0 Å². The molecule has 172 valence electrons. The SMILES string of the molecule is O=C(O)C=CC(=O)O.O=C1CCC(C(=O)N2CCN(CC(=O)N3CCNCC3)CC2)N1. The molecule has 0 aromatic rings. The number of piperazine rings is 2. The van der Waals surface area contributed by atoms with Gasteiger partial charge in [0.05, 0.1) is 6.54 Å². The lowest BCUT2D eigenvalue weighted by atomic mass is 10.2. The van der Waals surface area contributed by atoms with Crippen LogP contribution in [0.4, 0.5) is 0 Å². The van der Waals surface area contributed by atoms with Crippen LogP contribution < -0.4 is 10.6 Å². The minimum absolute atomic E-state index is 0.0175. The maximum atomic E-state index is 12.3. The zero-order chi connectivity index (χ0) is 22.8. The molecule has 0 aromatic heterocycles. The lowest BCUT2D eigenvalue weighted by Crippen LogP contribution is -2.55. The van der Waals surface area contributed by atoms with Gasteiger partial charge in [0.15, 0.2) is 0 Å². The summed E-state index contributed by atoms with van der Waals surface area (Å²) in [7, 11) is 0. The van der Waals surface area contributed by atoms with Gasteiger partial charge in [0.2, 0.25) is 17.7 Å². The molecule has 0 spiro atoms. The van der Waals surface area contributed by atoms with Gasteiger partial charge >= 0.3 is 11.9 Å². The molecule has 3 fully saturated rings. The highest BCUT2D eigenvalue weighted by Gasteiger charge is 2.32. The van der Waals surface area contributed by atoms with Gasteiger partial charge in [-0.3, -0.25) is 19.3 Å². The third-order valence-electron chi connectivity index (χ3n) is 5.17. The largest absolute Gasteiger partial charge is 0.478 e. The predicted molar refractivity (Wildman–Crippen MR) is 108 cm³/mol. The Morgan fingerprint density at radius 2 is 1.48 bits per heavy atom. The lowest BCUT2D eigenvalue weighted by molar-refractivity contribution is -0.137. The number of carboxylic acids is 2. The van der Waals surface area contributed by atoms with Gasteiger partial charge in [-0.2, -0.15) is 0 Å². The fourth-order valence-electron chi connectivity index (χ4n) is 3.49. The van der Waals surface area contributed by atoms with Crippen molar-refractivity contribution < 1.29 is 34.2 Å². The van der Waals surface area contributed by atoms with E-state index in [1.54, 1.807) is 0 Å². The second-order valence-corrected chi connectivity index (χ2v) is 7.40. The van der Waals surface area contributed by atoms with Crippen molar-refractivity contribution in [2.24, 2.45) is 0 Å². The highest BCUT2D eigenvalue weighted by molar-refractivity contribution is 5.91. The Morgan fingerprint density at radius 3 is 1.97 bits per heavy atom. The number of aliphatic carboxylic acids is 2. The molecule has 3 aliphatic heterocycles. The molecule has 0 bridgehead atoms. The number of carbonyl (C=O) groups is 5. The van der Waals surface area contributed by atoms with Crippen LogP contribution in [0.1, 0.15) is 12.8 Å². The first-order chi connectivity index (χ1) is 14.8. The summed E-state index contributed by atoms with van der Waals surface area (Å²) in [5.74, 6) is -2.36. The zero-order valence-electron chi connectivity index (χ0n) is 17.3. The van der Waals surface area contributed by atoms with Gasteiger partial charge in [-0.15, -0.1) is 0 Å². The molecule has 3 amide bonds. The van der Waals surface area contributed by atoms with Crippen LogP contribution in [0.3, 0.4) is 0 Å². The van der Waals surface area contributed by atoms with E-state index in [1.807, 2.05) is 9.80 Å². The fourth-order valence-corrected chi connectivity index (χ4v) is 3.49. The monoisotopic (exact) mass is 439 g/mol. The summed E-state index contributed by atoms with van der Waals surface area (Å²) in [5, 5.41) is 21.6. The van der Waals surface area contributed by atoms with Crippen molar-refractivity contribution in [3.05, 3.63) is 12.2 Å². The minimum atomic E-state index is -1.26. The topological polar surface area (TPSA) is 160 Å². The molecular weight excluding hydrogens is 410 g/mol. The smallest absolute Gasteiger partial charge is 0.328 e. The van der Waals surface area contributed by atoms with Crippen LogP contribution in [0.5, 0.6) is 0 Å². The van der Waals surface area contributed by atoms with Crippen LogP contribution in [0, 0.1) is 0 Å². The molecular formula is C19H29N5O7. The molecule has 12 nitrogen and oxygen atoms in total. The van der Waals surface area contributed by atoms with E-state index in [0.29, 0.717) is 57.7 Å². The lowest BCUT2D eigenvalue weighted by Gasteiger charge is -2.37. The molecule has 3 saturated heterocycles. The van der Waals surface area contributed by atoms with Gasteiger partial charge in [-0.05, 0) is 6.42 Å². The van der Waals surface area contributed by atoms with Crippen molar-refractivity contribution in [3.63, 3.8) is 0 Å². The molecule has 3 heterocycles. The van der Waals surface area contributed by atoms with Gasteiger partial charge in [0.1, 0.15) is 6.04 Å². The van der Waals surface area contributed by atoms with E-state index in [4.69, 9.17) is 10.2 Å². The van der Waals surface area contributed by atoms with Crippen LogP contribution in [0.15, 0.2) is 12.2 Å². The average molecular weight is 439 g/mol. The van der Waals surface area contributed by atoms with Gasteiger partial charge in [0, 0.05) is 70.9 Å². The van der Waals surface area contributed by atoms with Crippen molar-refractivity contribution in [2.75, 3.05) is 58.9 Å². The number of hydrogen-bond donors (Lipinski definition) is 4. The standard InChI is InChI=1S/C15H25N5O3.C4H4O4/c21-13-2-1-12(17-13)15(23)20-9-7-18(8-10-20)11-14(22)19-5-3-16-4-6-19;5-3(6)1-2-4(7)8/h12,16H,1-11H2,(H,17,21);1-2H,(H,5,6)(H,7,8). The molecule has 3 aliphatic rings. The van der Waals surface area contributed by atoms with E-state index < -0.39 is 11.9 Å². The third kappa shape index (κ3) is 8.34. The van der Waals surface area contributed by atoms with Crippen molar-refractivity contribution in [3.8, 4) is 0 Å². The van der Waals surface area contributed by atoms with E-state index in [-0.39, 0.29) is 23.8 Å². The molecule has 0 aromatic carbocycles. The van der Waals surface area contributed by atoms with Crippen molar-refractivity contribution in [2.45, 2.75) is 18.9 Å². The molecule has 31 heavy (non-hydrogen) atoms. The predicted octanol–water partition coefficient (Wildman–Crippen LogP) is -2.45. The van der Waals surface area contributed by atoms with Crippen molar-refractivity contribution in [1.82, 2.24) is 25.3 Å². The molecule has 0 aliphatic carbocycles. The Labute approximate surface area is 179 Å². The first-order valence-corrected chi connectivity index (χ1v) is 10.2. The Balaban J connectivity index is 0.000000366. The maximum absolute atomic E-state index is 12.3. The minimum Gasteiger partial charge on any atom is -0.478 e. The van der Waals surface area contributed by atoms with E-state index in [2.05, 4.69) is 15.5 Å². The van der Waals surface area contributed by atoms with Crippen LogP contribution in [-0.2, 0) is 24.0 Å². The summed E-state index contributed by atoms with van der Waals surface area (Å²) in [6.07, 6.45) is 2.15. The van der Waals surface area contributed by atoms with Gasteiger partial charge in [-0.25, -0.2) is 9.59 Å².